The van der Waals surface area contributed by atoms with Crippen LogP contribution in [0, 0.1) is 18.2 Å². The predicted octanol–water partition coefficient (Wildman–Crippen LogP) is 3.54. The number of likely N-dealkylation sites (tertiary alicyclic amines) is 1. The molecule has 1 fully saturated rings. The van der Waals surface area contributed by atoms with Gasteiger partial charge in [0.15, 0.2) is 0 Å². The molecule has 3 aromatic rings. The molecule has 1 unspecified atom stereocenters. The molecule has 5 nitrogen and oxygen atoms in total. The highest BCUT2D eigenvalue weighted by atomic mass is 32.1. The summed E-state index contributed by atoms with van der Waals surface area (Å²) in [5.41, 5.74) is 2.58. The first-order chi connectivity index (χ1) is 13.0. The molecule has 7 heteroatoms. The van der Waals surface area contributed by atoms with Crippen molar-refractivity contribution in [3.05, 3.63) is 58.2 Å². The van der Waals surface area contributed by atoms with E-state index in [0.717, 1.165) is 54.6 Å². The molecule has 1 amide bonds. The molecule has 1 atom stereocenters. The van der Waals surface area contributed by atoms with Crippen molar-refractivity contribution in [2.24, 2.45) is 5.41 Å². The van der Waals surface area contributed by atoms with Crippen LogP contribution in [-0.4, -0.2) is 38.4 Å². The van der Waals surface area contributed by atoms with E-state index in [-0.39, 0.29) is 17.1 Å². The number of hydrogen-bond donors (Lipinski definition) is 0. The van der Waals surface area contributed by atoms with Crippen LogP contribution < -0.4 is 0 Å². The van der Waals surface area contributed by atoms with E-state index in [9.17, 15) is 9.18 Å². The number of imidazole rings is 1. The zero-order chi connectivity index (χ0) is 18.6. The number of thiazole rings is 1. The van der Waals surface area contributed by atoms with Crippen LogP contribution in [0.4, 0.5) is 4.39 Å². The Morgan fingerprint density at radius 2 is 2.07 bits per heavy atom. The van der Waals surface area contributed by atoms with Gasteiger partial charge in [0, 0.05) is 36.9 Å². The lowest BCUT2D eigenvalue weighted by molar-refractivity contribution is 0.0766. The van der Waals surface area contributed by atoms with Gasteiger partial charge in [-0.15, -0.1) is 11.3 Å². The van der Waals surface area contributed by atoms with Gasteiger partial charge in [0.1, 0.15) is 17.3 Å². The minimum absolute atomic E-state index is 0.0273. The summed E-state index contributed by atoms with van der Waals surface area (Å²) in [6, 6.07) is 6.54. The summed E-state index contributed by atoms with van der Waals surface area (Å²) < 4.78 is 15.5. The number of rotatable bonds is 2. The molecule has 0 aliphatic carbocycles. The van der Waals surface area contributed by atoms with E-state index in [1.807, 2.05) is 23.4 Å². The van der Waals surface area contributed by atoms with Crippen LogP contribution in [0.25, 0.3) is 11.3 Å². The Hall–Kier alpha value is -2.54. The molecule has 138 valence electrons. The Balaban J connectivity index is 1.37. The van der Waals surface area contributed by atoms with E-state index in [1.165, 1.54) is 23.5 Å². The van der Waals surface area contributed by atoms with Crippen molar-refractivity contribution < 1.29 is 9.18 Å². The van der Waals surface area contributed by atoms with Crippen LogP contribution in [0.2, 0.25) is 0 Å². The number of nitrogens with zero attached hydrogens (tertiary/aromatic N) is 4. The van der Waals surface area contributed by atoms with Crippen LogP contribution in [0.1, 0.15) is 27.7 Å². The summed E-state index contributed by atoms with van der Waals surface area (Å²) in [5.74, 6) is 0.839. The fourth-order valence-electron chi connectivity index (χ4n) is 4.31. The SMILES string of the molecule is Cc1nc(C(=O)N2CCC3(Cc4ncc(-c5ccc(F)cc5)n4C3)C2)cs1. The number of aryl methyl sites for hydroxylation is 1. The second-order valence-electron chi connectivity index (χ2n) is 7.56. The highest BCUT2D eigenvalue weighted by Crippen LogP contribution is 2.42. The number of carbonyl (C=O) groups excluding carboxylic acids is 1. The monoisotopic (exact) mass is 382 g/mol. The summed E-state index contributed by atoms with van der Waals surface area (Å²) in [5, 5.41) is 2.76. The largest absolute Gasteiger partial charge is 0.337 e. The molecule has 2 aliphatic heterocycles. The topological polar surface area (TPSA) is 51.0 Å². The van der Waals surface area contributed by atoms with Crippen molar-refractivity contribution in [1.29, 1.82) is 0 Å². The Labute approximate surface area is 160 Å². The van der Waals surface area contributed by atoms with Crippen molar-refractivity contribution in [2.45, 2.75) is 26.3 Å². The Kier molecular flexibility index (Phi) is 3.69. The van der Waals surface area contributed by atoms with Gasteiger partial charge in [0.25, 0.3) is 5.91 Å². The van der Waals surface area contributed by atoms with Crippen LogP contribution in [0.5, 0.6) is 0 Å². The summed E-state index contributed by atoms with van der Waals surface area (Å²) >= 11 is 1.51. The summed E-state index contributed by atoms with van der Waals surface area (Å²) in [6.07, 6.45) is 3.70. The lowest BCUT2D eigenvalue weighted by Gasteiger charge is -2.23. The Bertz CT molecular complexity index is 1030. The number of amides is 1. The van der Waals surface area contributed by atoms with Gasteiger partial charge in [-0.3, -0.25) is 4.79 Å². The Morgan fingerprint density at radius 3 is 2.81 bits per heavy atom. The molecular weight excluding hydrogens is 363 g/mol. The van der Waals surface area contributed by atoms with Gasteiger partial charge >= 0.3 is 0 Å². The fourth-order valence-corrected chi connectivity index (χ4v) is 4.90. The molecular formula is C20H19FN4OS. The van der Waals surface area contributed by atoms with Crippen LogP contribution in [-0.2, 0) is 13.0 Å². The van der Waals surface area contributed by atoms with E-state index < -0.39 is 0 Å². The van der Waals surface area contributed by atoms with Gasteiger partial charge in [-0.25, -0.2) is 14.4 Å². The number of benzene rings is 1. The highest BCUT2D eigenvalue weighted by Gasteiger charge is 2.46. The van der Waals surface area contributed by atoms with Crippen molar-refractivity contribution in [3.8, 4) is 11.3 Å². The maximum Gasteiger partial charge on any atom is 0.273 e. The number of hydrogen-bond acceptors (Lipinski definition) is 4. The van der Waals surface area contributed by atoms with E-state index >= 15 is 0 Å². The van der Waals surface area contributed by atoms with Crippen molar-refractivity contribution in [2.75, 3.05) is 13.1 Å². The molecule has 1 saturated heterocycles. The lowest BCUT2D eigenvalue weighted by Crippen LogP contribution is -2.33. The standard InChI is InChI=1S/C20H19FN4OS/c1-13-23-16(10-27-13)19(26)24-7-6-20(11-24)8-18-22-9-17(25(18)12-20)14-2-4-15(21)5-3-14/h2-5,9-10H,6-8,11-12H2,1H3. The minimum Gasteiger partial charge on any atom is -0.337 e. The zero-order valence-electron chi connectivity index (χ0n) is 15.0. The molecule has 27 heavy (non-hydrogen) atoms. The summed E-state index contributed by atoms with van der Waals surface area (Å²) in [7, 11) is 0. The average Bonchev–Trinajstić information content (AvgIpc) is 3.41. The van der Waals surface area contributed by atoms with Crippen molar-refractivity contribution >= 4 is 17.2 Å². The summed E-state index contributed by atoms with van der Waals surface area (Å²) in [6.45, 7) is 4.25. The number of aromatic nitrogens is 3. The van der Waals surface area contributed by atoms with Crippen molar-refractivity contribution in [1.82, 2.24) is 19.4 Å². The molecule has 1 spiro atoms. The third-order valence-electron chi connectivity index (χ3n) is 5.67. The maximum atomic E-state index is 13.2. The molecule has 2 aliphatic rings. The second-order valence-corrected chi connectivity index (χ2v) is 8.62. The normalized spacial score (nSPS) is 21.2. The molecule has 0 N–H and O–H groups in total. The molecule has 0 radical (unpaired) electrons. The number of carbonyl (C=O) groups is 1. The zero-order valence-corrected chi connectivity index (χ0v) is 15.8. The van der Waals surface area contributed by atoms with Gasteiger partial charge < -0.3 is 9.47 Å². The molecule has 5 rings (SSSR count). The van der Waals surface area contributed by atoms with Crippen LogP contribution >= 0.6 is 11.3 Å². The quantitative estimate of drug-likeness (QED) is 0.681. The van der Waals surface area contributed by atoms with E-state index in [1.54, 1.807) is 12.1 Å². The van der Waals surface area contributed by atoms with Crippen molar-refractivity contribution in [3.63, 3.8) is 0 Å². The first-order valence-electron chi connectivity index (χ1n) is 9.05. The first-order valence-corrected chi connectivity index (χ1v) is 9.93. The minimum atomic E-state index is -0.237. The Morgan fingerprint density at radius 1 is 1.26 bits per heavy atom. The third-order valence-corrected chi connectivity index (χ3v) is 6.44. The molecule has 4 heterocycles. The molecule has 2 aromatic heterocycles. The molecule has 0 bridgehead atoms. The maximum absolute atomic E-state index is 13.2. The van der Waals surface area contributed by atoms with Gasteiger partial charge in [0.05, 0.1) is 16.9 Å². The van der Waals surface area contributed by atoms with Gasteiger partial charge in [-0.05, 0) is 43.2 Å². The van der Waals surface area contributed by atoms with Gasteiger partial charge in [-0.2, -0.15) is 0 Å². The third kappa shape index (κ3) is 2.77. The molecule has 0 saturated carbocycles. The van der Waals surface area contributed by atoms with E-state index in [4.69, 9.17) is 0 Å². The van der Waals surface area contributed by atoms with E-state index in [0.29, 0.717) is 5.69 Å². The smallest absolute Gasteiger partial charge is 0.273 e. The number of fused-ring (bicyclic) bond motifs is 1. The molecule has 1 aromatic carbocycles. The van der Waals surface area contributed by atoms with Crippen LogP contribution in [0.15, 0.2) is 35.8 Å². The highest BCUT2D eigenvalue weighted by molar-refractivity contribution is 7.09. The number of halogens is 1. The average molecular weight is 382 g/mol. The van der Waals surface area contributed by atoms with Gasteiger partial charge in [0.2, 0.25) is 0 Å². The second kappa shape index (κ2) is 5.99. The predicted molar refractivity (Wildman–Crippen MR) is 101 cm³/mol. The first kappa shape index (κ1) is 16.6. The van der Waals surface area contributed by atoms with Crippen LogP contribution in [0.3, 0.4) is 0 Å². The lowest BCUT2D eigenvalue weighted by atomic mass is 9.86. The van der Waals surface area contributed by atoms with Gasteiger partial charge in [-0.1, -0.05) is 0 Å². The summed E-state index contributed by atoms with van der Waals surface area (Å²) in [4.78, 5) is 23.6. The fraction of sp³-hybridized carbons (Fsp3) is 0.350. The van der Waals surface area contributed by atoms with E-state index in [2.05, 4.69) is 14.5 Å².